The van der Waals surface area contributed by atoms with Crippen molar-refractivity contribution in [1.82, 2.24) is 0 Å². The molecule has 0 heterocycles. The third kappa shape index (κ3) is 3.77. The molecule has 4 rings (SSSR count). The Bertz CT molecular complexity index is 1410. The van der Waals surface area contributed by atoms with E-state index < -0.39 is 34.3 Å². The summed E-state index contributed by atoms with van der Waals surface area (Å²) in [5, 5.41) is 0. The third-order valence-corrected chi connectivity index (χ3v) is 6.57. The van der Waals surface area contributed by atoms with Gasteiger partial charge in [-0.15, -0.1) is 0 Å². The first kappa shape index (κ1) is 24.1. The first-order chi connectivity index (χ1) is 16.6. The average molecular weight is 467 g/mol. The van der Waals surface area contributed by atoms with Crippen LogP contribution in [0.1, 0.15) is 82.0 Å². The Kier molecular flexibility index (Phi) is 6.20. The van der Waals surface area contributed by atoms with Gasteiger partial charge in [-0.05, 0) is 40.5 Å². The molecule has 0 fully saturated rings. The van der Waals surface area contributed by atoms with Gasteiger partial charge in [0, 0.05) is 33.4 Å². The maximum absolute atomic E-state index is 14.1. The van der Waals surface area contributed by atoms with Gasteiger partial charge >= 0.3 is 0 Å². The van der Waals surface area contributed by atoms with Crippen LogP contribution >= 0.6 is 0 Å². The second kappa shape index (κ2) is 8.99. The van der Waals surface area contributed by atoms with Gasteiger partial charge in [-0.2, -0.15) is 0 Å². The van der Waals surface area contributed by atoms with Crippen molar-refractivity contribution in [3.05, 3.63) is 105 Å². The van der Waals surface area contributed by atoms with E-state index in [9.17, 15) is 24.0 Å². The number of carbonyl (C=O) groups excluding carboxylic acids is 5. The van der Waals surface area contributed by atoms with Crippen molar-refractivity contribution in [3.63, 3.8) is 0 Å². The van der Waals surface area contributed by atoms with Gasteiger partial charge in [0.05, 0.1) is 0 Å². The molecule has 2 aromatic carbocycles. The van der Waals surface area contributed by atoms with Crippen LogP contribution in [0.5, 0.6) is 0 Å². The van der Waals surface area contributed by atoms with Gasteiger partial charge in [-0.3, -0.25) is 24.0 Å². The highest BCUT2D eigenvalue weighted by molar-refractivity contribution is 6.55. The molecule has 0 N–H and O–H groups in total. The average Bonchev–Trinajstić information content (AvgIpc) is 2.84. The van der Waals surface area contributed by atoms with Crippen molar-refractivity contribution in [3.8, 4) is 0 Å². The predicted octanol–water partition coefficient (Wildman–Crippen LogP) is 5.71. The van der Waals surface area contributed by atoms with E-state index in [0.717, 1.165) is 11.1 Å². The minimum Gasteiger partial charge on any atom is -0.293 e. The number of Topliss-reactive ketones (excluding diaryl/α,β-unsaturated/α-hetero) is 5. The molecule has 2 aliphatic rings. The van der Waals surface area contributed by atoms with Gasteiger partial charge < -0.3 is 0 Å². The molecule has 0 amide bonds. The number of hydrogen-bond acceptors (Lipinski definition) is 5. The predicted molar refractivity (Wildman–Crippen MR) is 133 cm³/mol. The summed E-state index contributed by atoms with van der Waals surface area (Å²) in [6.07, 6.45) is 3.36. The van der Waals surface area contributed by atoms with E-state index >= 15 is 0 Å². The molecule has 0 aliphatic heterocycles. The number of rotatable bonds is 5. The van der Waals surface area contributed by atoms with Crippen LogP contribution in [-0.4, -0.2) is 28.9 Å². The summed E-state index contributed by atoms with van der Waals surface area (Å²) >= 11 is 0. The lowest BCUT2D eigenvalue weighted by molar-refractivity contribution is -0.120. The fourth-order valence-corrected chi connectivity index (χ4v) is 4.78. The first-order valence-electron chi connectivity index (χ1n) is 11.5. The Hall–Kier alpha value is -3.99. The lowest BCUT2D eigenvalue weighted by Crippen LogP contribution is -2.52. The number of carbonyl (C=O) groups is 5. The van der Waals surface area contributed by atoms with Crippen molar-refractivity contribution in [1.29, 1.82) is 0 Å². The number of hydrogen-bond donors (Lipinski definition) is 0. The third-order valence-electron chi connectivity index (χ3n) is 6.57. The molecule has 1 unspecified atom stereocenters. The lowest BCUT2D eigenvalue weighted by Gasteiger charge is -2.38. The van der Waals surface area contributed by atoms with Crippen molar-refractivity contribution >= 4 is 28.9 Å². The van der Waals surface area contributed by atoms with E-state index in [-0.39, 0.29) is 46.2 Å². The molecule has 0 aromatic heterocycles. The SMILES string of the molecule is CC(C)=CCC1=C(C2(CC=C(C)C)C(=O)C(=O)c3ccccc3C2=O)C(=O)c2ccccc2C1=O. The second-order valence-electron chi connectivity index (χ2n) is 9.47. The molecule has 5 nitrogen and oxygen atoms in total. The monoisotopic (exact) mass is 466 g/mol. The molecule has 2 aromatic rings. The molecule has 35 heavy (non-hydrogen) atoms. The summed E-state index contributed by atoms with van der Waals surface area (Å²) in [7, 11) is 0. The van der Waals surface area contributed by atoms with Gasteiger partial charge in [0.2, 0.25) is 11.6 Å². The summed E-state index contributed by atoms with van der Waals surface area (Å²) in [4.78, 5) is 69.0. The molecule has 0 bridgehead atoms. The van der Waals surface area contributed by atoms with Crippen LogP contribution in [0.4, 0.5) is 0 Å². The van der Waals surface area contributed by atoms with Crippen LogP contribution in [0.25, 0.3) is 0 Å². The highest BCUT2D eigenvalue weighted by atomic mass is 16.2. The minimum atomic E-state index is -2.10. The van der Waals surface area contributed by atoms with Crippen molar-refractivity contribution < 1.29 is 24.0 Å². The van der Waals surface area contributed by atoms with Gasteiger partial charge in [-0.1, -0.05) is 71.8 Å². The van der Waals surface area contributed by atoms with Gasteiger partial charge in [-0.25, -0.2) is 0 Å². The van der Waals surface area contributed by atoms with E-state index in [0.29, 0.717) is 0 Å². The zero-order valence-electron chi connectivity index (χ0n) is 20.2. The molecule has 1 atom stereocenters. The quantitative estimate of drug-likeness (QED) is 0.320. The molecule has 0 spiro atoms. The smallest absolute Gasteiger partial charge is 0.230 e. The van der Waals surface area contributed by atoms with E-state index in [2.05, 4.69) is 0 Å². The van der Waals surface area contributed by atoms with Crippen molar-refractivity contribution in [2.45, 2.75) is 40.5 Å². The number of benzene rings is 2. The Balaban J connectivity index is 2.12. The first-order valence-corrected chi connectivity index (χ1v) is 11.5. The maximum Gasteiger partial charge on any atom is 0.230 e. The zero-order chi connectivity index (χ0) is 25.5. The summed E-state index contributed by atoms with van der Waals surface area (Å²) in [6, 6.07) is 12.6. The summed E-state index contributed by atoms with van der Waals surface area (Å²) in [5.74, 6) is -3.38. The molecule has 0 saturated heterocycles. The van der Waals surface area contributed by atoms with Crippen LogP contribution in [-0.2, 0) is 4.79 Å². The summed E-state index contributed by atoms with van der Waals surface area (Å²) < 4.78 is 0. The molecule has 0 saturated carbocycles. The van der Waals surface area contributed by atoms with Crippen LogP contribution < -0.4 is 0 Å². The Morgan fingerprint density at radius 1 is 0.629 bits per heavy atom. The zero-order valence-corrected chi connectivity index (χ0v) is 20.2. The van der Waals surface area contributed by atoms with E-state index in [1.54, 1.807) is 42.5 Å². The normalized spacial score (nSPS) is 19.4. The van der Waals surface area contributed by atoms with E-state index in [1.165, 1.54) is 18.2 Å². The second-order valence-corrected chi connectivity index (χ2v) is 9.47. The number of fused-ring (bicyclic) bond motifs is 2. The summed E-state index contributed by atoms with van der Waals surface area (Å²) in [6.45, 7) is 7.34. The molecule has 2 aliphatic carbocycles. The number of allylic oxidation sites excluding steroid dienone is 6. The standard InChI is InChI=1S/C30H26O5/c1-17(2)13-14-23-24(26(32)20-10-6-5-9-19(20)25(23)31)30(16-15-18(3)4)28(34)22-12-8-7-11-21(22)27(33)29(30)35/h5-13,15H,14,16H2,1-4H3. The molecule has 176 valence electrons. The molecular formula is C30H26O5. The van der Waals surface area contributed by atoms with Gasteiger partial charge in [0.1, 0.15) is 5.41 Å². The van der Waals surface area contributed by atoms with Crippen LogP contribution in [0.2, 0.25) is 0 Å². The molecular weight excluding hydrogens is 440 g/mol. The Morgan fingerprint density at radius 2 is 1.11 bits per heavy atom. The summed E-state index contributed by atoms with van der Waals surface area (Å²) in [5.41, 5.74) is 0.0300. The van der Waals surface area contributed by atoms with Crippen molar-refractivity contribution in [2.75, 3.05) is 0 Å². The van der Waals surface area contributed by atoms with Gasteiger partial charge in [0.25, 0.3) is 0 Å². The van der Waals surface area contributed by atoms with Gasteiger partial charge in [0.15, 0.2) is 17.3 Å². The molecule has 0 radical (unpaired) electrons. The number of ketones is 5. The Labute approximate surface area is 204 Å². The van der Waals surface area contributed by atoms with Crippen molar-refractivity contribution in [2.24, 2.45) is 5.41 Å². The minimum absolute atomic E-state index is 0.0248. The van der Waals surface area contributed by atoms with Crippen LogP contribution in [0.3, 0.4) is 0 Å². The highest BCUT2D eigenvalue weighted by Crippen LogP contribution is 2.47. The maximum atomic E-state index is 14.1. The van der Waals surface area contributed by atoms with E-state index in [4.69, 9.17) is 0 Å². The largest absolute Gasteiger partial charge is 0.293 e. The van der Waals surface area contributed by atoms with Crippen LogP contribution in [0.15, 0.2) is 83.0 Å². The van der Waals surface area contributed by atoms with E-state index in [1.807, 2.05) is 27.7 Å². The Morgan fingerprint density at radius 3 is 1.66 bits per heavy atom. The van der Waals surface area contributed by atoms with Crippen LogP contribution in [0, 0.1) is 5.41 Å². The molecule has 5 heteroatoms. The topological polar surface area (TPSA) is 85.3 Å². The highest BCUT2D eigenvalue weighted by Gasteiger charge is 2.58. The fraction of sp³-hybridized carbons (Fsp3) is 0.233. The fourth-order valence-electron chi connectivity index (χ4n) is 4.78. The lowest BCUT2D eigenvalue weighted by atomic mass is 9.58.